The van der Waals surface area contributed by atoms with Gasteiger partial charge in [0.1, 0.15) is 6.04 Å². The molecule has 4 nitrogen and oxygen atoms in total. The number of methoxy groups -OCH3 is 1. The van der Waals surface area contributed by atoms with E-state index in [-0.39, 0.29) is 12.0 Å². The minimum absolute atomic E-state index is 0.125. The number of hydrogen-bond acceptors (Lipinski definition) is 4. The SMILES string of the molecule is COC(=O)C(Cc1ccc(C2CC2)cc1)N1CCNC(C)C1. The van der Waals surface area contributed by atoms with Crippen LogP contribution in [-0.2, 0) is 16.0 Å². The highest BCUT2D eigenvalue weighted by molar-refractivity contribution is 5.76. The van der Waals surface area contributed by atoms with Gasteiger partial charge in [-0.2, -0.15) is 0 Å². The molecule has 0 aromatic heterocycles. The summed E-state index contributed by atoms with van der Waals surface area (Å²) in [6.07, 6.45) is 3.37. The molecular formula is C18H26N2O2. The molecule has 1 aromatic rings. The van der Waals surface area contributed by atoms with Gasteiger partial charge in [0.05, 0.1) is 7.11 Å². The molecule has 2 unspecified atom stereocenters. The van der Waals surface area contributed by atoms with Crippen molar-refractivity contribution >= 4 is 5.97 Å². The van der Waals surface area contributed by atoms with E-state index in [0.29, 0.717) is 6.04 Å². The fourth-order valence-corrected chi connectivity index (χ4v) is 3.31. The Morgan fingerprint density at radius 1 is 1.36 bits per heavy atom. The van der Waals surface area contributed by atoms with Crippen molar-refractivity contribution in [3.05, 3.63) is 35.4 Å². The first-order chi connectivity index (χ1) is 10.7. The zero-order valence-electron chi connectivity index (χ0n) is 13.5. The van der Waals surface area contributed by atoms with Crippen molar-refractivity contribution in [2.24, 2.45) is 0 Å². The van der Waals surface area contributed by atoms with Crippen LogP contribution in [0.4, 0.5) is 0 Å². The summed E-state index contributed by atoms with van der Waals surface area (Å²) in [5.41, 5.74) is 2.65. The third-order valence-corrected chi connectivity index (χ3v) is 4.77. The molecule has 2 fully saturated rings. The van der Waals surface area contributed by atoms with E-state index in [2.05, 4.69) is 41.4 Å². The second-order valence-electron chi connectivity index (χ2n) is 6.61. The van der Waals surface area contributed by atoms with Gasteiger partial charge >= 0.3 is 5.97 Å². The smallest absolute Gasteiger partial charge is 0.323 e. The Kier molecular flexibility index (Phi) is 4.79. The number of esters is 1. The maximum Gasteiger partial charge on any atom is 0.323 e. The van der Waals surface area contributed by atoms with Crippen molar-refractivity contribution in [3.8, 4) is 0 Å². The van der Waals surface area contributed by atoms with E-state index in [0.717, 1.165) is 32.0 Å². The number of carbonyl (C=O) groups is 1. The molecule has 1 saturated carbocycles. The zero-order valence-corrected chi connectivity index (χ0v) is 13.5. The summed E-state index contributed by atoms with van der Waals surface area (Å²) in [5, 5.41) is 3.42. The van der Waals surface area contributed by atoms with Crippen molar-refractivity contribution in [2.45, 2.75) is 44.2 Å². The number of benzene rings is 1. The molecule has 0 amide bonds. The van der Waals surface area contributed by atoms with Crippen molar-refractivity contribution in [2.75, 3.05) is 26.7 Å². The second kappa shape index (κ2) is 6.80. The molecular weight excluding hydrogens is 276 g/mol. The molecule has 22 heavy (non-hydrogen) atoms. The van der Waals surface area contributed by atoms with Gasteiger partial charge in [0.25, 0.3) is 0 Å². The number of carbonyl (C=O) groups excluding carboxylic acids is 1. The van der Waals surface area contributed by atoms with Crippen molar-refractivity contribution < 1.29 is 9.53 Å². The summed E-state index contributed by atoms with van der Waals surface area (Å²) in [7, 11) is 1.48. The quantitative estimate of drug-likeness (QED) is 0.844. The topological polar surface area (TPSA) is 41.6 Å². The Morgan fingerprint density at radius 3 is 2.68 bits per heavy atom. The van der Waals surface area contributed by atoms with Gasteiger partial charge in [0, 0.05) is 25.7 Å². The van der Waals surface area contributed by atoms with E-state index in [4.69, 9.17) is 4.74 Å². The highest BCUT2D eigenvalue weighted by Gasteiger charge is 2.30. The van der Waals surface area contributed by atoms with Gasteiger partial charge < -0.3 is 10.1 Å². The fraction of sp³-hybridized carbons (Fsp3) is 0.611. The third-order valence-electron chi connectivity index (χ3n) is 4.77. The number of ether oxygens (including phenoxy) is 1. The van der Waals surface area contributed by atoms with E-state index in [9.17, 15) is 4.79 Å². The Labute approximate surface area is 132 Å². The van der Waals surface area contributed by atoms with Gasteiger partial charge in [-0.25, -0.2) is 0 Å². The van der Waals surface area contributed by atoms with Crippen LogP contribution in [-0.4, -0.2) is 49.7 Å². The Morgan fingerprint density at radius 2 is 2.09 bits per heavy atom. The van der Waals surface area contributed by atoms with Crippen LogP contribution in [0.15, 0.2) is 24.3 Å². The average Bonchev–Trinajstić information content (AvgIpc) is 3.37. The lowest BCUT2D eigenvalue weighted by molar-refractivity contribution is -0.147. The van der Waals surface area contributed by atoms with Crippen LogP contribution in [0.1, 0.15) is 36.8 Å². The highest BCUT2D eigenvalue weighted by atomic mass is 16.5. The predicted molar refractivity (Wildman–Crippen MR) is 87.0 cm³/mol. The van der Waals surface area contributed by atoms with Crippen molar-refractivity contribution in [1.82, 2.24) is 10.2 Å². The summed E-state index contributed by atoms with van der Waals surface area (Å²) in [4.78, 5) is 14.5. The number of nitrogens with zero attached hydrogens (tertiary/aromatic N) is 1. The maximum atomic E-state index is 12.2. The predicted octanol–water partition coefficient (Wildman–Crippen LogP) is 1.94. The summed E-state index contributed by atoms with van der Waals surface area (Å²) < 4.78 is 5.04. The number of piperazine rings is 1. The van der Waals surface area contributed by atoms with Crippen LogP contribution in [0, 0.1) is 0 Å². The van der Waals surface area contributed by atoms with E-state index < -0.39 is 0 Å². The first-order valence-corrected chi connectivity index (χ1v) is 8.31. The Bertz CT molecular complexity index is 510. The minimum Gasteiger partial charge on any atom is -0.468 e. The molecule has 1 aliphatic carbocycles. The average molecular weight is 302 g/mol. The molecule has 120 valence electrons. The standard InChI is InChI=1S/C18H26N2O2/c1-13-12-20(10-9-19-13)17(18(21)22-2)11-14-3-5-15(6-4-14)16-7-8-16/h3-6,13,16-17,19H,7-12H2,1-2H3. The molecule has 2 atom stereocenters. The minimum atomic E-state index is -0.179. The molecule has 3 rings (SSSR count). The van der Waals surface area contributed by atoms with Gasteiger partial charge in [-0.3, -0.25) is 9.69 Å². The van der Waals surface area contributed by atoms with Crippen molar-refractivity contribution in [3.63, 3.8) is 0 Å². The van der Waals surface area contributed by atoms with E-state index in [1.54, 1.807) is 0 Å². The molecule has 0 bridgehead atoms. The summed E-state index contributed by atoms with van der Waals surface area (Å²) in [5.74, 6) is 0.653. The summed E-state index contributed by atoms with van der Waals surface area (Å²) in [6, 6.07) is 9.04. The van der Waals surface area contributed by atoms with E-state index in [1.807, 2.05) is 0 Å². The fourth-order valence-electron chi connectivity index (χ4n) is 3.31. The Hall–Kier alpha value is -1.39. The van der Waals surface area contributed by atoms with Gasteiger partial charge in [0.15, 0.2) is 0 Å². The normalized spacial score (nSPS) is 24.0. The molecule has 1 N–H and O–H groups in total. The Balaban J connectivity index is 1.69. The third kappa shape index (κ3) is 3.68. The van der Waals surface area contributed by atoms with Crippen LogP contribution >= 0.6 is 0 Å². The summed E-state index contributed by atoms with van der Waals surface area (Å²) >= 11 is 0. The first-order valence-electron chi connectivity index (χ1n) is 8.31. The molecule has 1 aromatic carbocycles. The molecule has 1 heterocycles. The highest BCUT2D eigenvalue weighted by Crippen LogP contribution is 2.39. The van der Waals surface area contributed by atoms with Crippen molar-refractivity contribution in [1.29, 1.82) is 0 Å². The number of nitrogens with one attached hydrogen (secondary N) is 1. The van der Waals surface area contributed by atoms with Crippen LogP contribution < -0.4 is 5.32 Å². The van der Waals surface area contributed by atoms with Crippen LogP contribution in [0.25, 0.3) is 0 Å². The maximum absolute atomic E-state index is 12.2. The van der Waals surface area contributed by atoms with Crippen LogP contribution in [0.3, 0.4) is 0 Å². The van der Waals surface area contributed by atoms with Gasteiger partial charge in [-0.1, -0.05) is 24.3 Å². The largest absolute Gasteiger partial charge is 0.468 e. The first kappa shape index (κ1) is 15.5. The van der Waals surface area contributed by atoms with Crippen LogP contribution in [0.5, 0.6) is 0 Å². The molecule has 1 saturated heterocycles. The summed E-state index contributed by atoms with van der Waals surface area (Å²) in [6.45, 7) is 4.87. The molecule has 0 radical (unpaired) electrons. The zero-order chi connectivity index (χ0) is 15.5. The number of hydrogen-bond donors (Lipinski definition) is 1. The second-order valence-corrected chi connectivity index (χ2v) is 6.61. The van der Waals surface area contributed by atoms with Crippen LogP contribution in [0.2, 0.25) is 0 Å². The lowest BCUT2D eigenvalue weighted by Gasteiger charge is -2.36. The molecule has 0 spiro atoms. The monoisotopic (exact) mass is 302 g/mol. The van der Waals surface area contributed by atoms with E-state index >= 15 is 0 Å². The number of rotatable bonds is 5. The lowest BCUT2D eigenvalue weighted by atomic mass is 10.0. The molecule has 2 aliphatic rings. The molecule has 1 aliphatic heterocycles. The van der Waals surface area contributed by atoms with Gasteiger partial charge in [-0.15, -0.1) is 0 Å². The lowest BCUT2D eigenvalue weighted by Crippen LogP contribution is -2.55. The van der Waals surface area contributed by atoms with Gasteiger partial charge in [0.2, 0.25) is 0 Å². The van der Waals surface area contributed by atoms with Gasteiger partial charge in [-0.05, 0) is 43.2 Å². The molecule has 4 heteroatoms. The van der Waals surface area contributed by atoms with E-state index in [1.165, 1.54) is 31.1 Å².